The second-order valence-corrected chi connectivity index (χ2v) is 40.8. The third-order valence-corrected chi connectivity index (χ3v) is 32.4. The van der Waals surface area contributed by atoms with Crippen LogP contribution in [0.3, 0.4) is 0 Å². The van der Waals surface area contributed by atoms with E-state index >= 15 is 0 Å². The van der Waals surface area contributed by atoms with Crippen molar-refractivity contribution in [2.45, 2.75) is 232 Å². The highest BCUT2D eigenvalue weighted by atomic mass is 127. The highest BCUT2D eigenvalue weighted by Crippen LogP contribution is 2.42. The third kappa shape index (κ3) is 15.5. The van der Waals surface area contributed by atoms with Crippen molar-refractivity contribution in [1.29, 1.82) is 0 Å². The van der Waals surface area contributed by atoms with Crippen molar-refractivity contribution in [3.63, 3.8) is 0 Å². The van der Waals surface area contributed by atoms with E-state index in [0.29, 0.717) is 19.4 Å². The highest BCUT2D eigenvalue weighted by molar-refractivity contribution is 14.1. The summed E-state index contributed by atoms with van der Waals surface area (Å²) < 4.78 is 37.0. The first-order valence-corrected chi connectivity index (χ1v) is 33.5. The number of ketones is 1. The molecule has 1 rings (SSSR count). The largest absolute Gasteiger partial charge is 0.414 e. The zero-order valence-electron chi connectivity index (χ0n) is 38.4. The van der Waals surface area contributed by atoms with Crippen LogP contribution < -0.4 is 0 Å². The van der Waals surface area contributed by atoms with Crippen LogP contribution in [0.25, 0.3) is 0 Å². The summed E-state index contributed by atoms with van der Waals surface area (Å²) in [4.78, 5) is 13.8. The number of carbonyl (C=O) groups excluding carboxylic acids is 1. The molecular weight excluding hydrogens is 840 g/mol. The Labute approximate surface area is 347 Å². The van der Waals surface area contributed by atoms with Gasteiger partial charge in [-0.2, -0.15) is 0 Å². The molecule has 0 radical (unpaired) electrons. The average Bonchev–Trinajstić information content (AvgIpc) is 3.41. The minimum atomic E-state index is -2.02. The zero-order valence-corrected chi connectivity index (χ0v) is 44.5. The van der Waals surface area contributed by atoms with E-state index in [2.05, 4.69) is 165 Å². The molecule has 1 heterocycles. The lowest BCUT2D eigenvalue weighted by molar-refractivity contribution is -0.123. The van der Waals surface area contributed by atoms with Gasteiger partial charge in [0.2, 0.25) is 0 Å². The monoisotopic (exact) mass is 926 g/mol. The topological polar surface area (TPSA) is 63.2 Å². The maximum absolute atomic E-state index is 13.8. The number of rotatable bonds is 22. The molecule has 0 aromatic heterocycles. The normalized spacial score (nSPS) is 22.3. The van der Waals surface area contributed by atoms with Crippen molar-refractivity contribution in [2.24, 2.45) is 11.8 Å². The third-order valence-electron chi connectivity index (χ3n) is 13.8. The Hall–Kier alpha value is 0.808. The minimum absolute atomic E-state index is 0.0200. The molecule has 0 N–H and O–H groups in total. The van der Waals surface area contributed by atoms with Crippen molar-refractivity contribution in [2.75, 3.05) is 6.61 Å². The number of Topliss-reactive ketones (excluding diaryl/α,β-unsaturated/α-hetero) is 1. The number of ether oxygens (including phenoxy) is 1. The van der Waals surface area contributed by atoms with Gasteiger partial charge < -0.3 is 22.4 Å². The second-order valence-electron chi connectivity index (χ2n) is 21.1. The minimum Gasteiger partial charge on any atom is -0.414 e. The van der Waals surface area contributed by atoms with Crippen LogP contribution in [0.15, 0.2) is 10.2 Å². The van der Waals surface area contributed by atoms with Crippen LogP contribution in [0.2, 0.25) is 72.5 Å². The number of hydrogen-bond donors (Lipinski definition) is 0. The van der Waals surface area contributed by atoms with Gasteiger partial charge in [-0.1, -0.05) is 126 Å². The Morgan fingerprint density at radius 3 is 1.74 bits per heavy atom. The molecule has 0 aliphatic carbocycles. The van der Waals surface area contributed by atoms with Gasteiger partial charge in [0.05, 0.1) is 37.1 Å². The molecule has 1 unspecified atom stereocenters. The second kappa shape index (κ2) is 20.7. The molecule has 0 amide bonds. The molecule has 314 valence electrons. The Kier molecular flexibility index (Phi) is 20.2. The highest BCUT2D eigenvalue weighted by Gasteiger charge is 2.46. The van der Waals surface area contributed by atoms with Crippen molar-refractivity contribution in [3.05, 3.63) is 10.2 Å². The molecule has 0 aromatic rings. The molecule has 0 saturated carbocycles. The van der Waals surface area contributed by atoms with Crippen LogP contribution in [0.1, 0.15) is 129 Å². The van der Waals surface area contributed by atoms with E-state index in [1.165, 1.54) is 0 Å². The van der Waals surface area contributed by atoms with Gasteiger partial charge in [-0.05, 0) is 101 Å². The Bertz CT molecular complexity index is 1130. The van der Waals surface area contributed by atoms with E-state index in [9.17, 15) is 4.79 Å². The number of carbonyl (C=O) groups is 1. The summed E-state index contributed by atoms with van der Waals surface area (Å²) in [6.45, 7) is 46.5. The van der Waals surface area contributed by atoms with Gasteiger partial charge in [-0.15, -0.1) is 0 Å². The summed E-state index contributed by atoms with van der Waals surface area (Å²) in [5, 5.41) is 0.370. The SMILES string of the molecule is CC[Si](CC)(CC)O[C@H]1C[C@@H](CC[C@H](CO[Si](C)(C)C(C)(C)C)O[Si](C)(C)C(C)(C)C)OC1[C@@H](C)CC(=O)C[C@H](C)[C@@H](/C=C/I)O[Si](C)(C)C(C)(C)C. The molecule has 6 nitrogen and oxygen atoms in total. The van der Waals surface area contributed by atoms with Crippen molar-refractivity contribution in [1.82, 2.24) is 0 Å². The van der Waals surface area contributed by atoms with E-state index in [4.69, 9.17) is 22.4 Å². The quantitative estimate of drug-likeness (QED) is 0.0796. The number of halogens is 1. The zero-order chi connectivity index (χ0) is 41.4. The lowest BCUT2D eigenvalue weighted by Gasteiger charge is -2.41. The van der Waals surface area contributed by atoms with Crippen molar-refractivity contribution < 1.29 is 27.2 Å². The number of hydrogen-bond acceptors (Lipinski definition) is 6. The van der Waals surface area contributed by atoms with E-state index in [1.807, 2.05) is 4.08 Å². The van der Waals surface area contributed by atoms with Crippen LogP contribution in [-0.2, 0) is 27.2 Å². The summed E-state index contributed by atoms with van der Waals surface area (Å²) in [6, 6.07) is 3.31. The van der Waals surface area contributed by atoms with Gasteiger partial charge in [-0.3, -0.25) is 4.79 Å². The molecule has 0 bridgehead atoms. The Morgan fingerprint density at radius 1 is 0.792 bits per heavy atom. The van der Waals surface area contributed by atoms with E-state index in [1.54, 1.807) is 0 Å². The van der Waals surface area contributed by atoms with Crippen LogP contribution in [0.5, 0.6) is 0 Å². The average molecular weight is 927 g/mol. The Balaban J connectivity index is 3.25. The van der Waals surface area contributed by atoms with Crippen LogP contribution in [-0.4, -0.2) is 76.2 Å². The molecule has 0 aromatic carbocycles. The first kappa shape index (κ1) is 51.8. The lowest BCUT2D eigenvalue weighted by Crippen LogP contribution is -2.48. The maximum atomic E-state index is 13.8. The maximum Gasteiger partial charge on any atom is 0.192 e. The fraction of sp³-hybridized carbons (Fsp3) is 0.929. The van der Waals surface area contributed by atoms with Crippen LogP contribution in [0, 0.1) is 11.8 Å². The summed E-state index contributed by atoms with van der Waals surface area (Å²) >= 11 is 2.27. The summed E-state index contributed by atoms with van der Waals surface area (Å²) in [7, 11) is -7.85. The van der Waals surface area contributed by atoms with Gasteiger partial charge in [0.1, 0.15) is 5.78 Å². The summed E-state index contributed by atoms with van der Waals surface area (Å²) in [6.07, 6.45) is 5.80. The van der Waals surface area contributed by atoms with Crippen LogP contribution >= 0.6 is 22.6 Å². The molecule has 1 aliphatic heterocycles. The van der Waals surface area contributed by atoms with E-state index in [0.717, 1.165) is 37.4 Å². The van der Waals surface area contributed by atoms with Gasteiger partial charge in [0.25, 0.3) is 0 Å². The van der Waals surface area contributed by atoms with Gasteiger partial charge in [-0.25, -0.2) is 0 Å². The predicted octanol–water partition coefficient (Wildman–Crippen LogP) is 13.7. The molecule has 1 fully saturated rings. The van der Waals surface area contributed by atoms with E-state index in [-0.39, 0.29) is 63.3 Å². The molecule has 7 atom stereocenters. The molecule has 11 heteroatoms. The fourth-order valence-corrected chi connectivity index (χ4v) is 13.5. The van der Waals surface area contributed by atoms with Crippen molar-refractivity contribution in [3.8, 4) is 0 Å². The smallest absolute Gasteiger partial charge is 0.192 e. The fourth-order valence-electron chi connectivity index (χ4n) is 6.51. The summed E-state index contributed by atoms with van der Waals surface area (Å²) in [5.41, 5.74) is 0. The van der Waals surface area contributed by atoms with E-state index < -0.39 is 33.3 Å². The van der Waals surface area contributed by atoms with Crippen LogP contribution in [0.4, 0.5) is 0 Å². The molecule has 1 saturated heterocycles. The van der Waals surface area contributed by atoms with Gasteiger partial charge >= 0.3 is 0 Å². The lowest BCUT2D eigenvalue weighted by atomic mass is 9.90. The first-order chi connectivity index (χ1) is 23.9. The van der Waals surface area contributed by atoms with Crippen molar-refractivity contribution >= 4 is 61.6 Å². The molecule has 1 aliphatic rings. The van der Waals surface area contributed by atoms with Gasteiger partial charge in [0.15, 0.2) is 33.3 Å². The summed E-state index contributed by atoms with van der Waals surface area (Å²) in [5.74, 6) is 0.464. The Morgan fingerprint density at radius 2 is 1.28 bits per heavy atom. The predicted molar refractivity (Wildman–Crippen MR) is 248 cm³/mol. The van der Waals surface area contributed by atoms with Gasteiger partial charge in [0, 0.05) is 19.3 Å². The molecule has 53 heavy (non-hydrogen) atoms. The standard InChI is InChI=1S/C42H87IO6Si4/c1-21-53(22-2,23-3)49-38-30-35(24-25-36(47-51(17,18)41(9,10)11)31-45-50(15,16)40(6,7)8)46-39(38)33(5)29-34(44)28-32(4)37(26-27-43)48-52(19,20)42(12,13)14/h26-27,32-33,35-39H,21-25,28-31H2,1-20H3/b27-26+/t32-,33-,35+,36+,37+,38-,39?/m0/s1. The first-order valence-electron chi connectivity index (χ1n) is 21.0. The molecular formula is C42H87IO6Si4. The molecule has 0 spiro atoms.